The molecule has 2 unspecified atom stereocenters. The smallest absolute Gasteiger partial charge is 0.208 e. The first kappa shape index (κ1) is 12.6. The van der Waals surface area contributed by atoms with Crippen molar-refractivity contribution >= 4 is 0 Å². The lowest BCUT2D eigenvalue weighted by Crippen LogP contribution is -2.42. The summed E-state index contributed by atoms with van der Waals surface area (Å²) >= 11 is 0. The predicted molar refractivity (Wildman–Crippen MR) is 65.7 cm³/mol. The van der Waals surface area contributed by atoms with E-state index in [-0.39, 0.29) is 12.1 Å². The largest absolute Gasteiger partial charge is 0.444 e. The Balaban J connectivity index is 1.98. The first-order chi connectivity index (χ1) is 8.08. The molecule has 0 saturated heterocycles. The minimum atomic E-state index is -0.203. The second kappa shape index (κ2) is 5.19. The lowest BCUT2D eigenvalue weighted by atomic mass is 9.91. The van der Waals surface area contributed by atoms with E-state index in [1.165, 1.54) is 6.42 Å². The van der Waals surface area contributed by atoms with Crippen LogP contribution in [0.4, 0.5) is 0 Å². The van der Waals surface area contributed by atoms with Gasteiger partial charge in [-0.3, -0.25) is 4.90 Å². The number of nitrogens with zero attached hydrogens (tertiary/aromatic N) is 2. The van der Waals surface area contributed by atoms with E-state index < -0.39 is 0 Å². The molecular weight excluding hydrogens is 216 g/mol. The van der Waals surface area contributed by atoms with E-state index in [4.69, 9.17) is 4.42 Å². The van der Waals surface area contributed by atoms with Crippen LogP contribution in [0.2, 0.25) is 0 Å². The van der Waals surface area contributed by atoms with Gasteiger partial charge >= 0.3 is 0 Å². The van der Waals surface area contributed by atoms with Gasteiger partial charge in [0.1, 0.15) is 5.76 Å². The van der Waals surface area contributed by atoms with Gasteiger partial charge in [-0.15, -0.1) is 0 Å². The number of aromatic nitrogens is 1. The van der Waals surface area contributed by atoms with E-state index in [1.54, 1.807) is 0 Å². The standard InChI is InChI=1S/C13H22N2O2/c1-9-10(2)17-13(14-9)8-15(3)11-6-4-5-7-12(11)16/h11-12,16H,4-8H2,1-3H3. The van der Waals surface area contributed by atoms with Gasteiger partial charge in [0, 0.05) is 6.04 Å². The van der Waals surface area contributed by atoms with Crippen molar-refractivity contribution < 1.29 is 9.52 Å². The van der Waals surface area contributed by atoms with E-state index in [9.17, 15) is 5.11 Å². The van der Waals surface area contributed by atoms with Gasteiger partial charge in [0.05, 0.1) is 18.3 Å². The van der Waals surface area contributed by atoms with Crippen molar-refractivity contribution in [1.82, 2.24) is 9.88 Å². The third-order valence-corrected chi connectivity index (χ3v) is 3.72. The maximum absolute atomic E-state index is 9.98. The zero-order valence-electron chi connectivity index (χ0n) is 10.9. The molecule has 0 spiro atoms. The van der Waals surface area contributed by atoms with Crippen LogP contribution in [-0.4, -0.2) is 34.2 Å². The third-order valence-electron chi connectivity index (χ3n) is 3.72. The van der Waals surface area contributed by atoms with Crippen LogP contribution >= 0.6 is 0 Å². The number of oxazole rings is 1. The zero-order chi connectivity index (χ0) is 12.4. The fraction of sp³-hybridized carbons (Fsp3) is 0.769. The average Bonchev–Trinajstić information content (AvgIpc) is 2.58. The van der Waals surface area contributed by atoms with Crippen molar-refractivity contribution in [2.24, 2.45) is 0 Å². The summed E-state index contributed by atoms with van der Waals surface area (Å²) in [4.78, 5) is 6.54. The zero-order valence-corrected chi connectivity index (χ0v) is 10.9. The molecule has 2 atom stereocenters. The minimum absolute atomic E-state index is 0.203. The van der Waals surface area contributed by atoms with Crippen molar-refractivity contribution in [1.29, 1.82) is 0 Å². The molecule has 1 aromatic rings. The topological polar surface area (TPSA) is 49.5 Å². The quantitative estimate of drug-likeness (QED) is 0.875. The summed E-state index contributed by atoms with van der Waals surface area (Å²) in [5, 5.41) is 9.98. The molecule has 1 aliphatic carbocycles. The highest BCUT2D eigenvalue weighted by atomic mass is 16.4. The molecule has 1 N–H and O–H groups in total. The molecule has 4 nitrogen and oxygen atoms in total. The van der Waals surface area contributed by atoms with E-state index in [0.29, 0.717) is 6.54 Å². The second-order valence-corrected chi connectivity index (χ2v) is 5.08. The Hall–Kier alpha value is -0.870. The molecule has 4 heteroatoms. The molecule has 1 aromatic heterocycles. The molecule has 0 aromatic carbocycles. The van der Waals surface area contributed by atoms with Crippen molar-refractivity contribution in [3.63, 3.8) is 0 Å². The van der Waals surface area contributed by atoms with Gasteiger partial charge in [0.15, 0.2) is 0 Å². The van der Waals surface area contributed by atoms with Crippen LogP contribution in [0.15, 0.2) is 4.42 Å². The van der Waals surface area contributed by atoms with Crippen LogP contribution < -0.4 is 0 Å². The summed E-state index contributed by atoms with van der Waals surface area (Å²) in [5.41, 5.74) is 0.956. The maximum Gasteiger partial charge on any atom is 0.208 e. The molecule has 0 bridgehead atoms. The first-order valence-corrected chi connectivity index (χ1v) is 6.39. The van der Waals surface area contributed by atoms with Gasteiger partial charge in [0.2, 0.25) is 5.89 Å². The summed E-state index contributed by atoms with van der Waals surface area (Å²) < 4.78 is 5.58. The monoisotopic (exact) mass is 238 g/mol. The highest BCUT2D eigenvalue weighted by Gasteiger charge is 2.27. The molecule has 0 radical (unpaired) electrons. The van der Waals surface area contributed by atoms with Crippen LogP contribution in [-0.2, 0) is 6.54 Å². The lowest BCUT2D eigenvalue weighted by Gasteiger charge is -2.34. The summed E-state index contributed by atoms with van der Waals surface area (Å²) in [6.45, 7) is 4.56. The number of aryl methyl sites for hydroxylation is 2. The molecule has 1 saturated carbocycles. The number of hydrogen-bond donors (Lipinski definition) is 1. The van der Waals surface area contributed by atoms with Crippen LogP contribution in [0.3, 0.4) is 0 Å². The fourth-order valence-corrected chi connectivity index (χ4v) is 2.54. The minimum Gasteiger partial charge on any atom is -0.444 e. The maximum atomic E-state index is 9.98. The van der Waals surface area contributed by atoms with Crippen LogP contribution in [0.1, 0.15) is 43.0 Å². The molecular formula is C13H22N2O2. The molecule has 2 rings (SSSR count). The molecule has 1 aliphatic rings. The number of rotatable bonds is 3. The molecule has 0 amide bonds. The van der Waals surface area contributed by atoms with E-state index in [0.717, 1.165) is 36.6 Å². The van der Waals surface area contributed by atoms with Crippen LogP contribution in [0.25, 0.3) is 0 Å². The Labute approximate surface area is 103 Å². The van der Waals surface area contributed by atoms with Crippen molar-refractivity contribution in [2.75, 3.05) is 7.05 Å². The lowest BCUT2D eigenvalue weighted by molar-refractivity contribution is 0.0255. The Morgan fingerprint density at radius 1 is 1.35 bits per heavy atom. The summed E-state index contributed by atoms with van der Waals surface area (Å²) in [7, 11) is 2.04. The molecule has 96 valence electrons. The van der Waals surface area contributed by atoms with E-state index >= 15 is 0 Å². The van der Waals surface area contributed by atoms with Gasteiger partial charge < -0.3 is 9.52 Å². The number of hydrogen-bond acceptors (Lipinski definition) is 4. The Kier molecular flexibility index (Phi) is 3.84. The summed E-state index contributed by atoms with van der Waals surface area (Å²) in [6.07, 6.45) is 4.12. The summed E-state index contributed by atoms with van der Waals surface area (Å²) in [6, 6.07) is 0.247. The van der Waals surface area contributed by atoms with Gasteiger partial charge in [0.25, 0.3) is 0 Å². The molecule has 0 aliphatic heterocycles. The van der Waals surface area contributed by atoms with Crippen LogP contribution in [0.5, 0.6) is 0 Å². The normalized spacial score (nSPS) is 25.5. The van der Waals surface area contributed by atoms with Crippen molar-refractivity contribution in [3.05, 3.63) is 17.3 Å². The van der Waals surface area contributed by atoms with Gasteiger partial charge in [-0.1, -0.05) is 12.8 Å². The second-order valence-electron chi connectivity index (χ2n) is 5.08. The SMILES string of the molecule is Cc1nc(CN(C)C2CCCCC2O)oc1C. The predicted octanol–water partition coefficient (Wildman–Crippen LogP) is 2.03. The van der Waals surface area contributed by atoms with Gasteiger partial charge in [-0.05, 0) is 33.7 Å². The average molecular weight is 238 g/mol. The number of likely N-dealkylation sites (N-methyl/N-ethyl adjacent to an activating group) is 1. The highest BCUT2D eigenvalue weighted by Crippen LogP contribution is 2.23. The molecule has 17 heavy (non-hydrogen) atoms. The highest BCUT2D eigenvalue weighted by molar-refractivity contribution is 5.05. The fourth-order valence-electron chi connectivity index (χ4n) is 2.54. The number of aliphatic hydroxyl groups is 1. The van der Waals surface area contributed by atoms with Gasteiger partial charge in [-0.2, -0.15) is 0 Å². The van der Waals surface area contributed by atoms with Crippen molar-refractivity contribution in [3.8, 4) is 0 Å². The molecule has 1 heterocycles. The summed E-state index contributed by atoms with van der Waals surface area (Å²) in [5.74, 6) is 1.64. The first-order valence-electron chi connectivity index (χ1n) is 6.39. The Bertz CT molecular complexity index is 356. The van der Waals surface area contributed by atoms with Gasteiger partial charge in [-0.25, -0.2) is 4.98 Å². The molecule has 1 fully saturated rings. The van der Waals surface area contributed by atoms with E-state index in [2.05, 4.69) is 9.88 Å². The Morgan fingerprint density at radius 2 is 2.06 bits per heavy atom. The third kappa shape index (κ3) is 2.87. The van der Waals surface area contributed by atoms with Crippen molar-refractivity contribution in [2.45, 2.75) is 58.2 Å². The van der Waals surface area contributed by atoms with Crippen LogP contribution in [0, 0.1) is 13.8 Å². The van der Waals surface area contributed by atoms with E-state index in [1.807, 2.05) is 20.9 Å². The Morgan fingerprint density at radius 3 is 2.65 bits per heavy atom. The number of aliphatic hydroxyl groups excluding tert-OH is 1.